The molecule has 3 N–H and O–H groups in total. The van der Waals surface area contributed by atoms with Gasteiger partial charge in [-0.15, -0.1) is 11.8 Å². The first-order valence-corrected chi connectivity index (χ1v) is 5.50. The topological polar surface area (TPSA) is 72.0 Å². The van der Waals surface area contributed by atoms with Gasteiger partial charge >= 0.3 is 0 Å². The van der Waals surface area contributed by atoms with E-state index in [2.05, 4.69) is 9.97 Å². The van der Waals surface area contributed by atoms with Crippen LogP contribution in [0.3, 0.4) is 0 Å². The van der Waals surface area contributed by atoms with Crippen LogP contribution in [-0.2, 0) is 0 Å². The Balaban J connectivity index is 2.84. The summed E-state index contributed by atoms with van der Waals surface area (Å²) in [6, 6.07) is 1.73. The highest BCUT2D eigenvalue weighted by molar-refractivity contribution is 7.99. The maximum absolute atomic E-state index is 8.68. The number of thioether (sulfide) groups is 1. The predicted molar refractivity (Wildman–Crippen MR) is 58.3 cm³/mol. The Labute approximate surface area is 88.0 Å². The number of anilines is 1. The van der Waals surface area contributed by atoms with Gasteiger partial charge in [-0.2, -0.15) is 0 Å². The van der Waals surface area contributed by atoms with Crippen molar-refractivity contribution in [1.82, 2.24) is 9.97 Å². The number of rotatable bonds is 4. The summed E-state index contributed by atoms with van der Waals surface area (Å²) in [4.78, 5) is 8.46. The van der Waals surface area contributed by atoms with Gasteiger partial charge in [0.25, 0.3) is 0 Å². The summed E-state index contributed by atoms with van der Waals surface area (Å²) < 4.78 is 0. The summed E-state index contributed by atoms with van der Waals surface area (Å²) in [5.41, 5.74) is 5.64. The molecule has 0 aromatic carbocycles. The molecule has 0 bridgehead atoms. The van der Waals surface area contributed by atoms with Crippen molar-refractivity contribution >= 4 is 17.6 Å². The number of aliphatic hydroxyl groups excluding tert-OH is 1. The highest BCUT2D eigenvalue weighted by Crippen LogP contribution is 2.19. The van der Waals surface area contributed by atoms with Crippen LogP contribution in [0.1, 0.15) is 25.6 Å². The van der Waals surface area contributed by atoms with Gasteiger partial charge in [-0.3, -0.25) is 0 Å². The molecule has 1 aromatic rings. The van der Waals surface area contributed by atoms with E-state index >= 15 is 0 Å². The standard InChI is InChI=1S/C9H15N3OS/c1-6(2)9-11-7(10)5-8(12-9)14-4-3-13/h5-6,13H,3-4H2,1-2H3,(H2,10,11,12). The summed E-state index contributed by atoms with van der Waals surface area (Å²) in [7, 11) is 0. The molecular weight excluding hydrogens is 198 g/mol. The van der Waals surface area contributed by atoms with Crippen molar-refractivity contribution in [3.63, 3.8) is 0 Å². The number of hydrogen-bond acceptors (Lipinski definition) is 5. The number of nitrogens with two attached hydrogens (primary N) is 1. The lowest BCUT2D eigenvalue weighted by atomic mass is 10.2. The van der Waals surface area contributed by atoms with Gasteiger partial charge in [0.2, 0.25) is 0 Å². The first-order valence-electron chi connectivity index (χ1n) is 4.51. The van der Waals surface area contributed by atoms with Crippen molar-refractivity contribution in [2.24, 2.45) is 0 Å². The zero-order chi connectivity index (χ0) is 10.6. The van der Waals surface area contributed by atoms with Crippen LogP contribution in [-0.4, -0.2) is 27.4 Å². The van der Waals surface area contributed by atoms with E-state index in [0.717, 1.165) is 10.9 Å². The van der Waals surface area contributed by atoms with E-state index in [1.54, 1.807) is 6.07 Å². The third-order valence-corrected chi connectivity index (χ3v) is 2.49. The monoisotopic (exact) mass is 213 g/mol. The molecule has 4 nitrogen and oxygen atoms in total. The summed E-state index contributed by atoms with van der Waals surface area (Å²) in [5, 5.41) is 9.51. The molecule has 0 saturated carbocycles. The van der Waals surface area contributed by atoms with Gasteiger partial charge in [0.1, 0.15) is 16.7 Å². The molecule has 14 heavy (non-hydrogen) atoms. The van der Waals surface area contributed by atoms with Crippen LogP contribution >= 0.6 is 11.8 Å². The minimum absolute atomic E-state index is 0.144. The number of nitrogens with zero attached hydrogens (tertiary/aromatic N) is 2. The van der Waals surface area contributed by atoms with E-state index in [-0.39, 0.29) is 12.5 Å². The van der Waals surface area contributed by atoms with Crippen molar-refractivity contribution in [2.45, 2.75) is 24.8 Å². The second-order valence-corrected chi connectivity index (χ2v) is 4.33. The summed E-state index contributed by atoms with van der Waals surface area (Å²) in [6.45, 7) is 4.19. The van der Waals surface area contributed by atoms with E-state index in [9.17, 15) is 0 Å². The van der Waals surface area contributed by atoms with E-state index in [1.807, 2.05) is 13.8 Å². The van der Waals surface area contributed by atoms with Gasteiger partial charge in [-0.25, -0.2) is 9.97 Å². The van der Waals surface area contributed by atoms with Gasteiger partial charge in [0, 0.05) is 17.7 Å². The van der Waals surface area contributed by atoms with Gasteiger partial charge < -0.3 is 10.8 Å². The largest absolute Gasteiger partial charge is 0.396 e. The molecule has 0 radical (unpaired) electrons. The molecule has 5 heteroatoms. The molecule has 0 unspecified atom stereocenters. The minimum atomic E-state index is 0.144. The third-order valence-electron chi connectivity index (χ3n) is 1.60. The smallest absolute Gasteiger partial charge is 0.134 e. The first-order chi connectivity index (χ1) is 6.63. The fourth-order valence-corrected chi connectivity index (χ4v) is 1.61. The Morgan fingerprint density at radius 3 is 2.79 bits per heavy atom. The Hall–Kier alpha value is -0.810. The second kappa shape index (κ2) is 5.17. The first kappa shape index (κ1) is 11.3. The lowest BCUT2D eigenvalue weighted by molar-refractivity contribution is 0.322. The Morgan fingerprint density at radius 1 is 1.50 bits per heavy atom. The molecule has 0 spiro atoms. The SMILES string of the molecule is CC(C)c1nc(N)cc(SCCO)n1. The molecule has 0 saturated heterocycles. The van der Waals surface area contributed by atoms with Crippen molar-refractivity contribution < 1.29 is 5.11 Å². The van der Waals surface area contributed by atoms with E-state index in [1.165, 1.54) is 11.8 Å². The molecule has 1 rings (SSSR count). The molecule has 1 heterocycles. The molecule has 0 aliphatic heterocycles. The van der Waals surface area contributed by atoms with Crippen LogP contribution in [0, 0.1) is 0 Å². The average Bonchev–Trinajstić information content (AvgIpc) is 2.14. The molecule has 0 fully saturated rings. The second-order valence-electron chi connectivity index (χ2n) is 3.22. The molecule has 78 valence electrons. The number of hydrogen-bond donors (Lipinski definition) is 2. The van der Waals surface area contributed by atoms with Gasteiger partial charge in [-0.05, 0) is 0 Å². The third kappa shape index (κ3) is 3.16. The Morgan fingerprint density at radius 2 is 2.21 bits per heavy atom. The number of aromatic nitrogens is 2. The van der Waals surface area contributed by atoms with E-state index < -0.39 is 0 Å². The van der Waals surface area contributed by atoms with Crippen LogP contribution in [0.4, 0.5) is 5.82 Å². The normalized spacial score (nSPS) is 10.9. The van der Waals surface area contributed by atoms with Gasteiger partial charge in [0.15, 0.2) is 0 Å². The predicted octanol–water partition coefficient (Wildman–Crippen LogP) is 1.27. The van der Waals surface area contributed by atoms with E-state index in [4.69, 9.17) is 10.8 Å². The summed E-state index contributed by atoms with van der Waals surface area (Å²) in [5.74, 6) is 2.15. The molecule has 1 aromatic heterocycles. The zero-order valence-electron chi connectivity index (χ0n) is 8.40. The van der Waals surface area contributed by atoms with Crippen LogP contribution in [0.5, 0.6) is 0 Å². The highest BCUT2D eigenvalue weighted by Gasteiger charge is 2.06. The Bertz CT molecular complexity index is 304. The fourth-order valence-electron chi connectivity index (χ4n) is 0.944. The van der Waals surface area contributed by atoms with Crippen molar-refractivity contribution in [2.75, 3.05) is 18.1 Å². The van der Waals surface area contributed by atoms with Gasteiger partial charge in [-0.1, -0.05) is 13.8 Å². The van der Waals surface area contributed by atoms with Crippen LogP contribution in [0.2, 0.25) is 0 Å². The Kier molecular flexibility index (Phi) is 4.16. The minimum Gasteiger partial charge on any atom is -0.396 e. The fraction of sp³-hybridized carbons (Fsp3) is 0.556. The quantitative estimate of drug-likeness (QED) is 0.582. The average molecular weight is 213 g/mol. The number of nitrogen functional groups attached to an aromatic ring is 1. The van der Waals surface area contributed by atoms with Crippen molar-refractivity contribution in [3.8, 4) is 0 Å². The molecule has 0 amide bonds. The molecular formula is C9H15N3OS. The van der Waals surface area contributed by atoms with Crippen LogP contribution < -0.4 is 5.73 Å². The number of aliphatic hydroxyl groups is 1. The zero-order valence-corrected chi connectivity index (χ0v) is 9.21. The van der Waals surface area contributed by atoms with Crippen LogP contribution in [0.15, 0.2) is 11.1 Å². The van der Waals surface area contributed by atoms with E-state index in [0.29, 0.717) is 11.6 Å². The maximum Gasteiger partial charge on any atom is 0.134 e. The molecule has 0 atom stereocenters. The highest BCUT2D eigenvalue weighted by atomic mass is 32.2. The lowest BCUT2D eigenvalue weighted by Crippen LogP contribution is -2.02. The van der Waals surface area contributed by atoms with Crippen LogP contribution in [0.25, 0.3) is 0 Å². The molecule has 0 aliphatic rings. The van der Waals surface area contributed by atoms with Crippen molar-refractivity contribution in [3.05, 3.63) is 11.9 Å². The summed E-state index contributed by atoms with van der Waals surface area (Å²) >= 11 is 1.49. The molecule has 0 aliphatic carbocycles. The van der Waals surface area contributed by atoms with Gasteiger partial charge in [0.05, 0.1) is 6.61 Å². The summed E-state index contributed by atoms with van der Waals surface area (Å²) in [6.07, 6.45) is 0. The lowest BCUT2D eigenvalue weighted by Gasteiger charge is -2.06. The van der Waals surface area contributed by atoms with Crippen molar-refractivity contribution in [1.29, 1.82) is 0 Å². The maximum atomic E-state index is 8.68.